The van der Waals surface area contributed by atoms with E-state index in [1.807, 2.05) is 32.9 Å². The predicted molar refractivity (Wildman–Crippen MR) is 91.0 cm³/mol. The molecule has 0 fully saturated rings. The van der Waals surface area contributed by atoms with Gasteiger partial charge in [-0.05, 0) is 57.0 Å². The largest absolute Gasteiger partial charge is 0.325 e. The highest BCUT2D eigenvalue weighted by molar-refractivity contribution is 8.00. The zero-order chi connectivity index (χ0) is 17.1. The summed E-state index contributed by atoms with van der Waals surface area (Å²) in [5.74, 6) is -1.97. The molecule has 0 bridgehead atoms. The number of hydrogen-bond acceptors (Lipinski definition) is 2. The number of nitrogens with one attached hydrogen (secondary N) is 1. The molecule has 0 aliphatic heterocycles. The lowest BCUT2D eigenvalue weighted by molar-refractivity contribution is -0.115. The van der Waals surface area contributed by atoms with Gasteiger partial charge in [-0.25, -0.2) is 8.78 Å². The number of thioether (sulfide) groups is 1. The van der Waals surface area contributed by atoms with Crippen molar-refractivity contribution in [2.24, 2.45) is 0 Å². The Balaban J connectivity index is 2.10. The van der Waals surface area contributed by atoms with E-state index < -0.39 is 16.9 Å². The van der Waals surface area contributed by atoms with Gasteiger partial charge in [-0.3, -0.25) is 4.79 Å². The standard InChI is InChI=1S/C18H19F2NOS/c1-10-7-11(2)17(12(3)8-10)21-18(22)13(4)23-14-5-6-15(19)16(20)9-14/h5-9,13H,1-4H3,(H,21,22). The van der Waals surface area contributed by atoms with Gasteiger partial charge in [0.2, 0.25) is 5.91 Å². The van der Waals surface area contributed by atoms with Gasteiger partial charge in [0.15, 0.2) is 11.6 Å². The Hall–Kier alpha value is -1.88. The Kier molecular flexibility index (Phi) is 5.42. The minimum Gasteiger partial charge on any atom is -0.325 e. The molecule has 0 radical (unpaired) electrons. The Labute approximate surface area is 139 Å². The summed E-state index contributed by atoms with van der Waals surface area (Å²) >= 11 is 1.19. The third kappa shape index (κ3) is 4.32. The Morgan fingerprint density at radius 3 is 2.22 bits per heavy atom. The van der Waals surface area contributed by atoms with E-state index in [9.17, 15) is 13.6 Å². The Bertz CT molecular complexity index is 723. The van der Waals surface area contributed by atoms with Gasteiger partial charge in [0.1, 0.15) is 0 Å². The number of carbonyl (C=O) groups is 1. The van der Waals surface area contributed by atoms with E-state index in [-0.39, 0.29) is 5.91 Å². The number of halogens is 2. The Morgan fingerprint density at radius 1 is 1.04 bits per heavy atom. The van der Waals surface area contributed by atoms with Crippen molar-refractivity contribution < 1.29 is 13.6 Å². The summed E-state index contributed by atoms with van der Waals surface area (Å²) < 4.78 is 26.2. The topological polar surface area (TPSA) is 29.1 Å². The Morgan fingerprint density at radius 2 is 1.65 bits per heavy atom. The van der Waals surface area contributed by atoms with Gasteiger partial charge in [0, 0.05) is 10.6 Å². The van der Waals surface area contributed by atoms with Crippen LogP contribution in [-0.2, 0) is 4.79 Å². The molecule has 2 aromatic carbocycles. The molecule has 122 valence electrons. The van der Waals surface area contributed by atoms with Crippen LogP contribution in [0.5, 0.6) is 0 Å². The van der Waals surface area contributed by atoms with Gasteiger partial charge >= 0.3 is 0 Å². The SMILES string of the molecule is Cc1cc(C)c(NC(=O)C(C)Sc2ccc(F)c(F)c2)c(C)c1. The number of rotatable bonds is 4. The van der Waals surface area contributed by atoms with Crippen LogP contribution < -0.4 is 5.32 Å². The first-order valence-electron chi connectivity index (χ1n) is 7.28. The van der Waals surface area contributed by atoms with E-state index in [4.69, 9.17) is 0 Å². The molecular formula is C18H19F2NOS. The molecule has 5 heteroatoms. The molecule has 1 N–H and O–H groups in total. The second-order valence-corrected chi connectivity index (χ2v) is 7.01. The van der Waals surface area contributed by atoms with Crippen LogP contribution in [0.4, 0.5) is 14.5 Å². The number of carbonyl (C=O) groups excluding carboxylic acids is 1. The first kappa shape index (κ1) is 17.5. The summed E-state index contributed by atoms with van der Waals surface area (Å²) in [6.45, 7) is 7.64. The molecular weight excluding hydrogens is 316 g/mol. The molecule has 0 spiro atoms. The average Bonchev–Trinajstić information content (AvgIpc) is 2.46. The van der Waals surface area contributed by atoms with Gasteiger partial charge < -0.3 is 5.32 Å². The van der Waals surface area contributed by atoms with Gasteiger partial charge in [0.05, 0.1) is 5.25 Å². The molecule has 1 atom stereocenters. The lowest BCUT2D eigenvalue weighted by atomic mass is 10.1. The molecule has 2 aromatic rings. The fourth-order valence-electron chi connectivity index (χ4n) is 2.41. The molecule has 0 aliphatic carbocycles. The van der Waals surface area contributed by atoms with Crippen LogP contribution in [0.25, 0.3) is 0 Å². The smallest absolute Gasteiger partial charge is 0.237 e. The van der Waals surface area contributed by atoms with Crippen molar-refractivity contribution in [3.8, 4) is 0 Å². The molecule has 0 heterocycles. The van der Waals surface area contributed by atoms with Crippen LogP contribution in [0.15, 0.2) is 35.2 Å². The molecule has 0 aromatic heterocycles. The van der Waals surface area contributed by atoms with Gasteiger partial charge in [-0.1, -0.05) is 17.7 Å². The van der Waals surface area contributed by atoms with Crippen LogP contribution in [-0.4, -0.2) is 11.2 Å². The normalized spacial score (nSPS) is 12.1. The van der Waals surface area contributed by atoms with Crippen molar-refractivity contribution in [3.05, 3.63) is 58.7 Å². The quantitative estimate of drug-likeness (QED) is 0.796. The summed E-state index contributed by atoms with van der Waals surface area (Å²) in [5, 5.41) is 2.49. The number of amides is 1. The maximum atomic E-state index is 13.2. The van der Waals surface area contributed by atoms with Gasteiger partial charge in [0.25, 0.3) is 0 Å². The lowest BCUT2D eigenvalue weighted by Crippen LogP contribution is -2.23. The second kappa shape index (κ2) is 7.13. The van der Waals surface area contributed by atoms with Crippen molar-refractivity contribution in [1.82, 2.24) is 0 Å². The third-order valence-corrected chi connectivity index (χ3v) is 4.59. The van der Waals surface area contributed by atoms with E-state index in [1.165, 1.54) is 17.8 Å². The predicted octanol–water partition coefficient (Wildman–Crippen LogP) is 5.01. The fourth-order valence-corrected chi connectivity index (χ4v) is 3.30. The molecule has 2 nitrogen and oxygen atoms in total. The van der Waals surface area contributed by atoms with E-state index in [2.05, 4.69) is 5.32 Å². The lowest BCUT2D eigenvalue weighted by Gasteiger charge is -2.16. The van der Waals surface area contributed by atoms with Crippen LogP contribution in [0, 0.1) is 32.4 Å². The van der Waals surface area contributed by atoms with E-state index in [0.717, 1.165) is 34.5 Å². The highest BCUT2D eigenvalue weighted by atomic mass is 32.2. The number of anilines is 1. The highest BCUT2D eigenvalue weighted by Crippen LogP contribution is 2.27. The van der Waals surface area contributed by atoms with Crippen molar-refractivity contribution in [3.63, 3.8) is 0 Å². The first-order chi connectivity index (χ1) is 10.8. The second-order valence-electron chi connectivity index (χ2n) is 5.60. The molecule has 1 unspecified atom stereocenters. The molecule has 23 heavy (non-hydrogen) atoms. The number of hydrogen-bond donors (Lipinski definition) is 1. The molecule has 0 aliphatic rings. The van der Waals surface area contributed by atoms with Crippen LogP contribution >= 0.6 is 11.8 Å². The zero-order valence-electron chi connectivity index (χ0n) is 13.5. The minimum absolute atomic E-state index is 0.171. The van der Waals surface area contributed by atoms with Crippen molar-refractivity contribution in [1.29, 1.82) is 0 Å². The van der Waals surface area contributed by atoms with Crippen LogP contribution in [0.3, 0.4) is 0 Å². The maximum absolute atomic E-state index is 13.2. The van der Waals surface area contributed by atoms with Crippen molar-refractivity contribution >= 4 is 23.4 Å². The summed E-state index contributed by atoms with van der Waals surface area (Å²) in [6.07, 6.45) is 0. The average molecular weight is 335 g/mol. The summed E-state index contributed by atoms with van der Waals surface area (Å²) in [7, 11) is 0. The van der Waals surface area contributed by atoms with E-state index >= 15 is 0 Å². The monoisotopic (exact) mass is 335 g/mol. The molecule has 1 amide bonds. The number of aryl methyl sites for hydroxylation is 3. The van der Waals surface area contributed by atoms with Crippen molar-refractivity contribution in [2.75, 3.05) is 5.32 Å². The maximum Gasteiger partial charge on any atom is 0.237 e. The van der Waals surface area contributed by atoms with Crippen LogP contribution in [0.1, 0.15) is 23.6 Å². The summed E-state index contributed by atoms with van der Waals surface area (Å²) in [6, 6.07) is 7.66. The van der Waals surface area contributed by atoms with Crippen LogP contribution in [0.2, 0.25) is 0 Å². The fraction of sp³-hybridized carbons (Fsp3) is 0.278. The minimum atomic E-state index is -0.909. The zero-order valence-corrected chi connectivity index (χ0v) is 14.4. The van der Waals surface area contributed by atoms with Gasteiger partial charge in [-0.2, -0.15) is 0 Å². The first-order valence-corrected chi connectivity index (χ1v) is 8.16. The number of benzene rings is 2. The summed E-state index contributed by atoms with van der Waals surface area (Å²) in [4.78, 5) is 12.9. The van der Waals surface area contributed by atoms with E-state index in [1.54, 1.807) is 6.92 Å². The van der Waals surface area contributed by atoms with Gasteiger partial charge in [-0.15, -0.1) is 11.8 Å². The summed E-state index contributed by atoms with van der Waals surface area (Å²) in [5.41, 5.74) is 3.95. The van der Waals surface area contributed by atoms with E-state index in [0.29, 0.717) is 4.90 Å². The van der Waals surface area contributed by atoms with Crippen molar-refractivity contribution in [2.45, 2.75) is 37.8 Å². The molecule has 2 rings (SSSR count). The third-order valence-electron chi connectivity index (χ3n) is 3.50. The molecule has 0 saturated carbocycles. The highest BCUT2D eigenvalue weighted by Gasteiger charge is 2.17. The molecule has 0 saturated heterocycles.